The van der Waals surface area contributed by atoms with Gasteiger partial charge in [-0.1, -0.05) is 12.1 Å². The number of amides is 3. The summed E-state index contributed by atoms with van der Waals surface area (Å²) >= 11 is 0. The molecule has 0 aromatic heterocycles. The van der Waals surface area contributed by atoms with E-state index in [2.05, 4.69) is 5.32 Å². The number of urea groups is 1. The van der Waals surface area contributed by atoms with Gasteiger partial charge in [-0.15, -0.1) is 0 Å². The number of carbonyl (C=O) groups is 2. The highest BCUT2D eigenvalue weighted by Crippen LogP contribution is 2.23. The van der Waals surface area contributed by atoms with Crippen LogP contribution in [0.25, 0.3) is 0 Å². The van der Waals surface area contributed by atoms with Crippen molar-refractivity contribution in [2.24, 2.45) is 0 Å². The number of rotatable bonds is 5. The summed E-state index contributed by atoms with van der Waals surface area (Å²) in [5.74, 6) is 0.368. The summed E-state index contributed by atoms with van der Waals surface area (Å²) in [5, 5.41) is 2.83. The summed E-state index contributed by atoms with van der Waals surface area (Å²) in [5.41, 5.74) is 0.613. The molecule has 0 saturated carbocycles. The van der Waals surface area contributed by atoms with Crippen LogP contribution in [0.2, 0.25) is 0 Å². The van der Waals surface area contributed by atoms with Gasteiger partial charge >= 0.3 is 6.03 Å². The minimum absolute atomic E-state index is 0.221. The Hall–Kier alpha value is -2.32. The van der Waals surface area contributed by atoms with E-state index in [1.54, 1.807) is 29.0 Å². The molecular formula is C16H23N3O5. The van der Waals surface area contributed by atoms with E-state index in [1.165, 1.54) is 14.2 Å². The van der Waals surface area contributed by atoms with Crippen molar-refractivity contribution in [3.05, 3.63) is 24.3 Å². The average Bonchev–Trinajstić information content (AvgIpc) is 2.63. The fraction of sp³-hybridized carbons (Fsp3) is 0.500. The lowest BCUT2D eigenvalue weighted by molar-refractivity contribution is -0.171. The Morgan fingerprint density at radius 3 is 2.17 bits per heavy atom. The predicted molar refractivity (Wildman–Crippen MR) is 88.0 cm³/mol. The molecule has 0 atom stereocenters. The van der Waals surface area contributed by atoms with E-state index in [4.69, 9.17) is 14.2 Å². The Balaban J connectivity index is 1.90. The van der Waals surface area contributed by atoms with E-state index in [0.29, 0.717) is 37.6 Å². The second-order valence-electron chi connectivity index (χ2n) is 5.25. The highest BCUT2D eigenvalue weighted by molar-refractivity contribution is 5.91. The number of anilines is 1. The van der Waals surface area contributed by atoms with Crippen molar-refractivity contribution in [2.75, 3.05) is 52.8 Å². The van der Waals surface area contributed by atoms with Crippen LogP contribution in [0, 0.1) is 0 Å². The molecule has 8 heteroatoms. The van der Waals surface area contributed by atoms with Gasteiger partial charge in [0.2, 0.25) is 6.29 Å². The zero-order valence-electron chi connectivity index (χ0n) is 14.2. The van der Waals surface area contributed by atoms with Gasteiger partial charge in [0, 0.05) is 40.4 Å². The lowest BCUT2D eigenvalue weighted by Gasteiger charge is -2.35. The molecule has 1 heterocycles. The van der Waals surface area contributed by atoms with Crippen LogP contribution in [-0.2, 0) is 14.3 Å². The summed E-state index contributed by atoms with van der Waals surface area (Å²) in [6, 6.07) is 6.99. The van der Waals surface area contributed by atoms with Crippen LogP contribution in [0.3, 0.4) is 0 Å². The summed E-state index contributed by atoms with van der Waals surface area (Å²) in [4.78, 5) is 27.8. The molecule has 1 aromatic rings. The van der Waals surface area contributed by atoms with Crippen LogP contribution in [0.5, 0.6) is 5.75 Å². The molecule has 1 aromatic carbocycles. The topological polar surface area (TPSA) is 80.3 Å². The number of hydrogen-bond donors (Lipinski definition) is 1. The van der Waals surface area contributed by atoms with E-state index < -0.39 is 6.29 Å². The number of hydrogen-bond acceptors (Lipinski definition) is 5. The summed E-state index contributed by atoms with van der Waals surface area (Å²) in [6.07, 6.45) is -0.904. The molecule has 0 bridgehead atoms. The molecule has 3 amide bonds. The maximum Gasteiger partial charge on any atom is 0.322 e. The molecule has 1 N–H and O–H groups in total. The van der Waals surface area contributed by atoms with Crippen molar-refractivity contribution in [1.29, 1.82) is 0 Å². The molecular weight excluding hydrogens is 314 g/mol. The highest BCUT2D eigenvalue weighted by atomic mass is 16.7. The van der Waals surface area contributed by atoms with E-state index in [-0.39, 0.29) is 11.9 Å². The Morgan fingerprint density at radius 1 is 1.00 bits per heavy atom. The number of carbonyl (C=O) groups excluding carboxylic acids is 2. The molecule has 1 fully saturated rings. The number of piperazine rings is 1. The first-order valence-electron chi connectivity index (χ1n) is 7.64. The number of para-hydroxylation sites is 2. The predicted octanol–water partition coefficient (Wildman–Crippen LogP) is 0.990. The van der Waals surface area contributed by atoms with Gasteiger partial charge < -0.3 is 29.3 Å². The number of nitrogens with zero attached hydrogens (tertiary/aromatic N) is 2. The molecule has 8 nitrogen and oxygen atoms in total. The number of ether oxygens (including phenoxy) is 3. The lowest BCUT2D eigenvalue weighted by atomic mass is 10.3. The van der Waals surface area contributed by atoms with Crippen LogP contribution in [0.4, 0.5) is 10.5 Å². The first-order valence-corrected chi connectivity index (χ1v) is 7.64. The van der Waals surface area contributed by atoms with Gasteiger partial charge in [-0.05, 0) is 12.1 Å². The molecule has 132 valence electrons. The van der Waals surface area contributed by atoms with Crippen molar-refractivity contribution in [3.63, 3.8) is 0 Å². The summed E-state index contributed by atoms with van der Waals surface area (Å²) in [7, 11) is 4.39. The number of methoxy groups -OCH3 is 3. The van der Waals surface area contributed by atoms with Gasteiger partial charge in [0.15, 0.2) is 0 Å². The van der Waals surface area contributed by atoms with Crippen molar-refractivity contribution in [3.8, 4) is 5.75 Å². The third kappa shape index (κ3) is 4.15. The zero-order valence-corrected chi connectivity index (χ0v) is 14.2. The Kier molecular flexibility index (Phi) is 6.39. The summed E-state index contributed by atoms with van der Waals surface area (Å²) in [6.45, 7) is 1.74. The maximum absolute atomic E-state index is 12.4. The van der Waals surface area contributed by atoms with Gasteiger partial charge in [0.1, 0.15) is 5.75 Å². The van der Waals surface area contributed by atoms with Crippen LogP contribution < -0.4 is 10.1 Å². The van der Waals surface area contributed by atoms with Crippen LogP contribution in [-0.4, -0.2) is 75.5 Å². The first kappa shape index (κ1) is 18.0. The van der Waals surface area contributed by atoms with Gasteiger partial charge in [-0.25, -0.2) is 4.79 Å². The Bertz CT molecular complexity index is 569. The lowest BCUT2D eigenvalue weighted by Crippen LogP contribution is -2.54. The van der Waals surface area contributed by atoms with E-state index in [1.807, 2.05) is 12.1 Å². The fourth-order valence-electron chi connectivity index (χ4n) is 2.52. The number of benzene rings is 1. The standard InChI is InChI=1S/C16H23N3O5/c1-22-13-7-5-4-6-12(13)17-16(21)19-10-8-18(9-11-19)14(20)15(23-2)24-3/h4-7,15H,8-11H2,1-3H3,(H,17,21). The first-order chi connectivity index (χ1) is 11.6. The van der Waals surface area contributed by atoms with Crippen molar-refractivity contribution in [1.82, 2.24) is 9.80 Å². The van der Waals surface area contributed by atoms with Crippen molar-refractivity contribution < 1.29 is 23.8 Å². The second kappa shape index (κ2) is 8.51. The molecule has 0 radical (unpaired) electrons. The Morgan fingerprint density at radius 2 is 1.58 bits per heavy atom. The molecule has 2 rings (SSSR count). The van der Waals surface area contributed by atoms with Crippen LogP contribution in [0.1, 0.15) is 0 Å². The molecule has 0 aliphatic carbocycles. The molecule has 24 heavy (non-hydrogen) atoms. The quantitative estimate of drug-likeness (QED) is 0.811. The van der Waals surface area contributed by atoms with Gasteiger partial charge in [-0.3, -0.25) is 4.79 Å². The molecule has 1 aliphatic heterocycles. The maximum atomic E-state index is 12.4. The van der Waals surface area contributed by atoms with E-state index in [0.717, 1.165) is 0 Å². The molecule has 1 saturated heterocycles. The Labute approximate surface area is 141 Å². The van der Waals surface area contributed by atoms with E-state index >= 15 is 0 Å². The van der Waals surface area contributed by atoms with E-state index in [9.17, 15) is 9.59 Å². The van der Waals surface area contributed by atoms with Crippen molar-refractivity contribution >= 4 is 17.6 Å². The normalized spacial score (nSPS) is 14.7. The molecule has 0 unspecified atom stereocenters. The zero-order chi connectivity index (χ0) is 17.5. The van der Waals surface area contributed by atoms with Gasteiger partial charge in [0.25, 0.3) is 5.91 Å². The third-order valence-electron chi connectivity index (χ3n) is 3.86. The van der Waals surface area contributed by atoms with Gasteiger partial charge in [0.05, 0.1) is 12.8 Å². The largest absolute Gasteiger partial charge is 0.495 e. The monoisotopic (exact) mass is 337 g/mol. The van der Waals surface area contributed by atoms with Crippen molar-refractivity contribution in [2.45, 2.75) is 6.29 Å². The molecule has 0 spiro atoms. The average molecular weight is 337 g/mol. The van der Waals surface area contributed by atoms with Crippen LogP contribution >= 0.6 is 0 Å². The van der Waals surface area contributed by atoms with Gasteiger partial charge in [-0.2, -0.15) is 0 Å². The molecule has 1 aliphatic rings. The SMILES string of the molecule is COc1ccccc1NC(=O)N1CCN(C(=O)C(OC)OC)CC1. The highest BCUT2D eigenvalue weighted by Gasteiger charge is 2.29. The third-order valence-corrected chi connectivity index (χ3v) is 3.86. The fourth-order valence-corrected chi connectivity index (χ4v) is 2.52. The van der Waals surface area contributed by atoms with Crippen LogP contribution in [0.15, 0.2) is 24.3 Å². The summed E-state index contributed by atoms with van der Waals surface area (Å²) < 4.78 is 15.2. The number of nitrogens with one attached hydrogen (secondary N) is 1. The minimum Gasteiger partial charge on any atom is -0.495 e. The minimum atomic E-state index is -0.904. The second-order valence-corrected chi connectivity index (χ2v) is 5.25. The smallest absolute Gasteiger partial charge is 0.322 e.